The zero-order valence-corrected chi connectivity index (χ0v) is 18.3. The predicted molar refractivity (Wildman–Crippen MR) is 117 cm³/mol. The van der Waals surface area contributed by atoms with Gasteiger partial charge in [-0.3, -0.25) is 4.79 Å². The molecule has 3 heterocycles. The lowest BCUT2D eigenvalue weighted by molar-refractivity contribution is -0.132. The summed E-state index contributed by atoms with van der Waals surface area (Å²) >= 11 is 0. The highest BCUT2D eigenvalue weighted by Gasteiger charge is 2.45. The number of carbonyl (C=O) groups excluding carboxylic acids is 1. The predicted octanol–water partition coefficient (Wildman–Crippen LogP) is 4.26. The highest BCUT2D eigenvalue weighted by atomic mass is 16.5. The number of aryl methyl sites for hydroxylation is 1. The average molecular weight is 424 g/mol. The Balaban J connectivity index is 1.23. The Morgan fingerprint density at radius 2 is 1.81 bits per heavy atom. The van der Waals surface area contributed by atoms with Crippen LogP contribution < -0.4 is 0 Å². The van der Waals surface area contributed by atoms with Crippen molar-refractivity contribution in [3.05, 3.63) is 47.6 Å². The van der Waals surface area contributed by atoms with Gasteiger partial charge in [0.1, 0.15) is 0 Å². The molecule has 1 aliphatic carbocycles. The molecule has 31 heavy (non-hydrogen) atoms. The lowest BCUT2D eigenvalue weighted by Gasteiger charge is -2.40. The van der Waals surface area contributed by atoms with E-state index in [0.717, 1.165) is 82.5 Å². The zero-order chi connectivity index (χ0) is 21.1. The van der Waals surface area contributed by atoms with Crippen LogP contribution in [0.25, 0.3) is 0 Å². The molecule has 0 bridgehead atoms. The van der Waals surface area contributed by atoms with Crippen LogP contribution in [-0.2, 0) is 21.4 Å². The Bertz CT molecular complexity index is 863. The second kappa shape index (κ2) is 9.11. The number of rotatable bonds is 7. The van der Waals surface area contributed by atoms with Gasteiger partial charge in [0.15, 0.2) is 5.82 Å². The van der Waals surface area contributed by atoms with E-state index in [1.807, 2.05) is 23.1 Å². The lowest BCUT2D eigenvalue weighted by atomic mass is 9.73. The second-order valence-electron chi connectivity index (χ2n) is 9.64. The number of hydrogen-bond acceptors (Lipinski definition) is 5. The standard InChI is InChI=1S/C25H33N3O3/c29-22(9-8-19-4-2-1-3-5-19)28-14-12-25(13-15-28,18-20-6-7-20)24-26-23(31-27-24)21-10-16-30-17-11-21/h1-5,20-21H,6-18H2. The number of hydrogen-bond donors (Lipinski definition) is 0. The van der Waals surface area contributed by atoms with Gasteiger partial charge in [0.05, 0.1) is 0 Å². The van der Waals surface area contributed by atoms with Crippen molar-refractivity contribution in [3.8, 4) is 0 Å². The number of carbonyl (C=O) groups is 1. The highest BCUT2D eigenvalue weighted by Crippen LogP contribution is 2.47. The van der Waals surface area contributed by atoms with Crippen molar-refractivity contribution in [2.75, 3.05) is 26.3 Å². The van der Waals surface area contributed by atoms with Gasteiger partial charge in [0.2, 0.25) is 11.8 Å². The SMILES string of the molecule is O=C(CCc1ccccc1)N1CCC(CC2CC2)(c2noc(C3CCOCC3)n2)CC1. The molecular weight excluding hydrogens is 390 g/mol. The highest BCUT2D eigenvalue weighted by molar-refractivity contribution is 5.76. The van der Waals surface area contributed by atoms with E-state index in [2.05, 4.69) is 17.3 Å². The molecule has 166 valence electrons. The first-order chi connectivity index (χ1) is 15.2. The number of piperidine rings is 1. The summed E-state index contributed by atoms with van der Waals surface area (Å²) in [6, 6.07) is 10.3. The van der Waals surface area contributed by atoms with Crippen molar-refractivity contribution in [1.82, 2.24) is 15.0 Å². The minimum Gasteiger partial charge on any atom is -0.381 e. The van der Waals surface area contributed by atoms with Gasteiger partial charge < -0.3 is 14.2 Å². The van der Waals surface area contributed by atoms with Crippen molar-refractivity contribution >= 4 is 5.91 Å². The van der Waals surface area contributed by atoms with E-state index in [0.29, 0.717) is 12.3 Å². The lowest BCUT2D eigenvalue weighted by Crippen LogP contribution is -2.46. The van der Waals surface area contributed by atoms with Crippen LogP contribution in [0, 0.1) is 5.92 Å². The van der Waals surface area contributed by atoms with Crippen LogP contribution in [0.1, 0.15) is 74.6 Å². The first-order valence-corrected chi connectivity index (χ1v) is 12.0. The van der Waals surface area contributed by atoms with E-state index in [1.54, 1.807) is 0 Å². The molecule has 2 aromatic rings. The molecule has 6 nitrogen and oxygen atoms in total. The van der Waals surface area contributed by atoms with Crippen LogP contribution in [0.5, 0.6) is 0 Å². The van der Waals surface area contributed by atoms with Crippen LogP contribution in [0.15, 0.2) is 34.9 Å². The van der Waals surface area contributed by atoms with Gasteiger partial charge in [-0.05, 0) is 50.0 Å². The van der Waals surface area contributed by atoms with Crippen LogP contribution in [0.2, 0.25) is 0 Å². The molecule has 0 radical (unpaired) electrons. The zero-order valence-electron chi connectivity index (χ0n) is 18.3. The molecule has 2 aliphatic heterocycles. The minimum absolute atomic E-state index is 0.0374. The Hall–Kier alpha value is -2.21. The van der Waals surface area contributed by atoms with Gasteiger partial charge in [-0.2, -0.15) is 4.98 Å². The van der Waals surface area contributed by atoms with E-state index in [9.17, 15) is 4.79 Å². The van der Waals surface area contributed by atoms with Gasteiger partial charge in [-0.25, -0.2) is 0 Å². The summed E-state index contributed by atoms with van der Waals surface area (Å²) in [5, 5.41) is 4.48. The maximum atomic E-state index is 12.8. The molecule has 1 aromatic carbocycles. The molecule has 2 saturated heterocycles. The van der Waals surface area contributed by atoms with Crippen molar-refractivity contribution < 1.29 is 14.1 Å². The summed E-state index contributed by atoms with van der Waals surface area (Å²) in [6.07, 6.45) is 8.94. The molecule has 5 rings (SSSR count). The molecule has 0 N–H and O–H groups in total. The summed E-state index contributed by atoms with van der Waals surface area (Å²) in [5.41, 5.74) is 1.19. The van der Waals surface area contributed by atoms with Crippen molar-refractivity contribution in [2.24, 2.45) is 5.92 Å². The topological polar surface area (TPSA) is 68.5 Å². The molecular formula is C25H33N3O3. The third kappa shape index (κ3) is 4.84. The van der Waals surface area contributed by atoms with E-state index < -0.39 is 0 Å². The fourth-order valence-electron chi connectivity index (χ4n) is 5.19. The summed E-state index contributed by atoms with van der Waals surface area (Å²) < 4.78 is 11.2. The average Bonchev–Trinajstić information content (AvgIpc) is 3.49. The fraction of sp³-hybridized carbons (Fsp3) is 0.640. The molecule has 6 heteroatoms. The smallest absolute Gasteiger partial charge is 0.229 e. The molecule has 1 aromatic heterocycles. The molecule has 0 atom stereocenters. The Labute approximate surface area is 184 Å². The summed E-state index contributed by atoms with van der Waals surface area (Å²) in [5.74, 6) is 3.05. The fourth-order valence-corrected chi connectivity index (χ4v) is 5.19. The van der Waals surface area contributed by atoms with Gasteiger partial charge in [-0.15, -0.1) is 0 Å². The molecule has 0 unspecified atom stereocenters. The summed E-state index contributed by atoms with van der Waals surface area (Å²) in [6.45, 7) is 3.13. The molecule has 3 aliphatic rings. The maximum absolute atomic E-state index is 12.8. The molecule has 3 fully saturated rings. The van der Waals surface area contributed by atoms with Crippen LogP contribution in [0.4, 0.5) is 0 Å². The van der Waals surface area contributed by atoms with Crippen molar-refractivity contribution in [1.29, 1.82) is 0 Å². The molecule has 1 amide bonds. The number of ether oxygens (including phenoxy) is 1. The number of likely N-dealkylation sites (tertiary alicyclic amines) is 1. The van der Waals surface area contributed by atoms with E-state index in [4.69, 9.17) is 14.2 Å². The third-order valence-corrected chi connectivity index (χ3v) is 7.41. The minimum atomic E-state index is -0.0374. The number of aromatic nitrogens is 2. The maximum Gasteiger partial charge on any atom is 0.229 e. The van der Waals surface area contributed by atoms with Crippen LogP contribution in [-0.4, -0.2) is 47.3 Å². The molecule has 0 spiro atoms. The molecule has 1 saturated carbocycles. The van der Waals surface area contributed by atoms with Gasteiger partial charge >= 0.3 is 0 Å². The first kappa shape index (κ1) is 20.7. The Morgan fingerprint density at radius 1 is 1.06 bits per heavy atom. The number of amides is 1. The van der Waals surface area contributed by atoms with Gasteiger partial charge in [-0.1, -0.05) is 48.3 Å². The van der Waals surface area contributed by atoms with E-state index in [1.165, 1.54) is 18.4 Å². The van der Waals surface area contributed by atoms with E-state index in [-0.39, 0.29) is 11.3 Å². The van der Waals surface area contributed by atoms with Gasteiger partial charge in [0, 0.05) is 44.1 Å². The largest absolute Gasteiger partial charge is 0.381 e. The summed E-state index contributed by atoms with van der Waals surface area (Å²) in [7, 11) is 0. The Morgan fingerprint density at radius 3 is 2.52 bits per heavy atom. The van der Waals surface area contributed by atoms with Crippen molar-refractivity contribution in [3.63, 3.8) is 0 Å². The number of nitrogens with zero attached hydrogens (tertiary/aromatic N) is 3. The van der Waals surface area contributed by atoms with Crippen LogP contribution in [0.3, 0.4) is 0 Å². The first-order valence-electron chi connectivity index (χ1n) is 12.0. The second-order valence-corrected chi connectivity index (χ2v) is 9.64. The Kier molecular flexibility index (Phi) is 6.08. The van der Waals surface area contributed by atoms with E-state index >= 15 is 0 Å². The third-order valence-electron chi connectivity index (χ3n) is 7.41. The quantitative estimate of drug-likeness (QED) is 0.666. The summed E-state index contributed by atoms with van der Waals surface area (Å²) in [4.78, 5) is 19.8. The van der Waals surface area contributed by atoms with Crippen molar-refractivity contribution in [2.45, 2.75) is 69.1 Å². The normalized spacial score (nSPS) is 21.9. The monoisotopic (exact) mass is 423 g/mol. The number of benzene rings is 1. The van der Waals surface area contributed by atoms with Gasteiger partial charge in [0.25, 0.3) is 0 Å². The van der Waals surface area contributed by atoms with Crippen LogP contribution >= 0.6 is 0 Å².